The number of alkyl halides is 3. The first kappa shape index (κ1) is 16.3. The first-order chi connectivity index (χ1) is 10.2. The lowest BCUT2D eigenvalue weighted by Crippen LogP contribution is -2.41. The van der Waals surface area contributed by atoms with Gasteiger partial charge in [-0.15, -0.1) is 0 Å². The monoisotopic (exact) mass is 318 g/mol. The van der Waals surface area contributed by atoms with Crippen molar-refractivity contribution in [2.75, 3.05) is 13.1 Å². The minimum atomic E-state index is -4.45. The quantitative estimate of drug-likeness (QED) is 0.873. The Morgan fingerprint density at radius 2 is 2.27 bits per heavy atom. The number of carbonyl (C=O) groups excluding carboxylic acids is 2. The molecule has 0 radical (unpaired) electrons. The summed E-state index contributed by atoms with van der Waals surface area (Å²) >= 11 is 0. The summed E-state index contributed by atoms with van der Waals surface area (Å²) in [6.07, 6.45) is 0.328. The standard InChI is InChI=1S/C13H17F3N4O2/c1-9(5-19-3-2-17-8-19)18-12(22)10-4-11(21)20(6-10)7-13(14,15)16/h2-3,8-10H,4-7H2,1H3,(H,18,22)/t9-,10-/m0/s1. The molecule has 1 aromatic rings. The van der Waals surface area contributed by atoms with Crippen molar-refractivity contribution in [2.24, 2.45) is 5.92 Å². The summed E-state index contributed by atoms with van der Waals surface area (Å²) in [6.45, 7) is 0.781. The molecule has 1 N–H and O–H groups in total. The van der Waals surface area contributed by atoms with E-state index in [1.807, 2.05) is 0 Å². The highest BCUT2D eigenvalue weighted by Crippen LogP contribution is 2.24. The van der Waals surface area contributed by atoms with Gasteiger partial charge in [0.05, 0.1) is 12.2 Å². The lowest BCUT2D eigenvalue weighted by molar-refractivity contribution is -0.157. The Morgan fingerprint density at radius 3 is 2.86 bits per heavy atom. The van der Waals surface area contributed by atoms with Crippen LogP contribution < -0.4 is 5.32 Å². The number of carbonyl (C=O) groups is 2. The molecule has 1 fully saturated rings. The highest BCUT2D eigenvalue weighted by atomic mass is 19.4. The van der Waals surface area contributed by atoms with Gasteiger partial charge in [0.15, 0.2) is 0 Å². The van der Waals surface area contributed by atoms with Crippen LogP contribution in [-0.4, -0.2) is 51.6 Å². The summed E-state index contributed by atoms with van der Waals surface area (Å²) in [5, 5.41) is 2.72. The molecule has 22 heavy (non-hydrogen) atoms. The Morgan fingerprint density at radius 1 is 1.55 bits per heavy atom. The van der Waals surface area contributed by atoms with Gasteiger partial charge >= 0.3 is 6.18 Å². The van der Waals surface area contributed by atoms with Crippen molar-refractivity contribution in [3.8, 4) is 0 Å². The van der Waals surface area contributed by atoms with Crippen LogP contribution in [0.1, 0.15) is 13.3 Å². The minimum absolute atomic E-state index is 0.181. The molecule has 0 bridgehead atoms. The lowest BCUT2D eigenvalue weighted by atomic mass is 10.1. The van der Waals surface area contributed by atoms with Crippen LogP contribution in [-0.2, 0) is 16.1 Å². The highest BCUT2D eigenvalue weighted by molar-refractivity contribution is 5.89. The van der Waals surface area contributed by atoms with Crippen LogP contribution >= 0.6 is 0 Å². The van der Waals surface area contributed by atoms with Crippen LogP contribution in [0.15, 0.2) is 18.7 Å². The van der Waals surface area contributed by atoms with Crippen molar-refractivity contribution in [1.82, 2.24) is 19.8 Å². The van der Waals surface area contributed by atoms with Gasteiger partial charge in [-0.25, -0.2) is 4.98 Å². The molecule has 0 aliphatic carbocycles. The summed E-state index contributed by atoms with van der Waals surface area (Å²) in [5.74, 6) is -1.77. The summed E-state index contributed by atoms with van der Waals surface area (Å²) in [7, 11) is 0. The van der Waals surface area contributed by atoms with Crippen LogP contribution in [0.4, 0.5) is 13.2 Å². The number of halogens is 3. The second kappa shape index (κ2) is 6.37. The Bertz CT molecular complexity index is 530. The van der Waals surface area contributed by atoms with Crippen molar-refractivity contribution in [2.45, 2.75) is 32.1 Å². The van der Waals surface area contributed by atoms with Crippen molar-refractivity contribution < 1.29 is 22.8 Å². The molecule has 2 amide bonds. The van der Waals surface area contributed by atoms with E-state index in [9.17, 15) is 22.8 Å². The Labute approximate surface area is 125 Å². The molecule has 122 valence electrons. The fraction of sp³-hybridized carbons (Fsp3) is 0.615. The summed E-state index contributed by atoms with van der Waals surface area (Å²) in [5.41, 5.74) is 0. The zero-order valence-electron chi connectivity index (χ0n) is 12.0. The number of imidazole rings is 1. The van der Waals surface area contributed by atoms with E-state index in [1.54, 1.807) is 30.2 Å². The molecule has 2 heterocycles. The van der Waals surface area contributed by atoms with Gasteiger partial charge in [-0.3, -0.25) is 9.59 Å². The summed E-state index contributed by atoms with van der Waals surface area (Å²) in [4.78, 5) is 28.2. The van der Waals surface area contributed by atoms with E-state index in [0.717, 1.165) is 0 Å². The number of nitrogens with zero attached hydrogens (tertiary/aromatic N) is 3. The number of nitrogens with one attached hydrogen (secondary N) is 1. The van der Waals surface area contributed by atoms with Crippen LogP contribution in [0.5, 0.6) is 0 Å². The third kappa shape index (κ3) is 4.47. The molecular weight excluding hydrogens is 301 g/mol. The highest BCUT2D eigenvalue weighted by Gasteiger charge is 2.40. The lowest BCUT2D eigenvalue weighted by Gasteiger charge is -2.19. The fourth-order valence-electron chi connectivity index (χ4n) is 2.43. The first-order valence-corrected chi connectivity index (χ1v) is 6.85. The zero-order valence-corrected chi connectivity index (χ0v) is 12.0. The maximum Gasteiger partial charge on any atom is 0.406 e. The molecular formula is C13H17F3N4O2. The molecule has 1 saturated heterocycles. The summed E-state index contributed by atoms with van der Waals surface area (Å²) < 4.78 is 38.8. The number of hydrogen-bond acceptors (Lipinski definition) is 3. The largest absolute Gasteiger partial charge is 0.406 e. The van der Waals surface area contributed by atoms with Gasteiger partial charge in [0, 0.05) is 37.9 Å². The molecule has 1 aliphatic rings. The van der Waals surface area contributed by atoms with E-state index < -0.39 is 30.5 Å². The third-order valence-corrected chi connectivity index (χ3v) is 3.39. The average Bonchev–Trinajstić information content (AvgIpc) is 2.98. The van der Waals surface area contributed by atoms with Crippen LogP contribution in [0, 0.1) is 5.92 Å². The van der Waals surface area contributed by atoms with Crippen molar-refractivity contribution >= 4 is 11.8 Å². The Hall–Kier alpha value is -2.06. The van der Waals surface area contributed by atoms with Gasteiger partial charge in [0.25, 0.3) is 0 Å². The van der Waals surface area contributed by atoms with E-state index >= 15 is 0 Å². The number of hydrogen-bond donors (Lipinski definition) is 1. The number of rotatable bonds is 5. The maximum atomic E-state index is 12.3. The molecule has 2 rings (SSSR count). The van der Waals surface area contributed by atoms with Crippen LogP contribution in [0.25, 0.3) is 0 Å². The van der Waals surface area contributed by atoms with E-state index in [1.165, 1.54) is 0 Å². The van der Waals surface area contributed by atoms with E-state index in [2.05, 4.69) is 10.3 Å². The first-order valence-electron chi connectivity index (χ1n) is 6.85. The molecule has 1 aliphatic heterocycles. The fourth-order valence-corrected chi connectivity index (χ4v) is 2.43. The Kier molecular flexibility index (Phi) is 4.72. The number of aromatic nitrogens is 2. The van der Waals surface area contributed by atoms with Gasteiger partial charge in [-0.05, 0) is 6.92 Å². The second-order valence-corrected chi connectivity index (χ2v) is 5.46. The van der Waals surface area contributed by atoms with Crippen molar-refractivity contribution in [1.29, 1.82) is 0 Å². The number of amides is 2. The second-order valence-electron chi connectivity index (χ2n) is 5.46. The van der Waals surface area contributed by atoms with Crippen LogP contribution in [0.3, 0.4) is 0 Å². The normalized spacial score (nSPS) is 20.3. The molecule has 9 heteroatoms. The number of likely N-dealkylation sites (tertiary alicyclic amines) is 1. The van der Waals surface area contributed by atoms with Gasteiger partial charge in [-0.1, -0.05) is 0 Å². The molecule has 0 spiro atoms. The topological polar surface area (TPSA) is 67.2 Å². The minimum Gasteiger partial charge on any atom is -0.352 e. The Balaban J connectivity index is 1.84. The molecule has 0 unspecified atom stereocenters. The average molecular weight is 318 g/mol. The molecule has 0 saturated carbocycles. The third-order valence-electron chi connectivity index (χ3n) is 3.39. The van der Waals surface area contributed by atoms with Crippen molar-refractivity contribution in [3.63, 3.8) is 0 Å². The summed E-state index contributed by atoms with van der Waals surface area (Å²) in [6, 6.07) is -0.214. The SMILES string of the molecule is C[C@@H](Cn1ccnc1)NC(=O)[C@H]1CC(=O)N(CC(F)(F)F)C1. The van der Waals surface area contributed by atoms with E-state index in [-0.39, 0.29) is 19.0 Å². The predicted molar refractivity (Wildman–Crippen MR) is 70.6 cm³/mol. The molecule has 6 nitrogen and oxygen atoms in total. The zero-order chi connectivity index (χ0) is 16.3. The molecule has 1 aromatic heterocycles. The van der Waals surface area contributed by atoms with Gasteiger partial charge in [-0.2, -0.15) is 13.2 Å². The predicted octanol–water partition coefficient (Wildman–Crippen LogP) is 0.799. The van der Waals surface area contributed by atoms with E-state index in [0.29, 0.717) is 11.4 Å². The van der Waals surface area contributed by atoms with Gasteiger partial charge in [0.1, 0.15) is 6.54 Å². The van der Waals surface area contributed by atoms with Crippen molar-refractivity contribution in [3.05, 3.63) is 18.7 Å². The smallest absolute Gasteiger partial charge is 0.352 e. The van der Waals surface area contributed by atoms with Crippen LogP contribution in [0.2, 0.25) is 0 Å². The van der Waals surface area contributed by atoms with Gasteiger partial charge in [0.2, 0.25) is 11.8 Å². The van der Waals surface area contributed by atoms with E-state index in [4.69, 9.17) is 0 Å². The van der Waals surface area contributed by atoms with Gasteiger partial charge < -0.3 is 14.8 Å². The molecule has 2 atom stereocenters. The molecule has 0 aromatic carbocycles. The maximum absolute atomic E-state index is 12.3.